The summed E-state index contributed by atoms with van der Waals surface area (Å²) in [5.41, 5.74) is 1.15. The topological polar surface area (TPSA) is 115 Å². The number of nitrogens with zero attached hydrogens (tertiary/aromatic N) is 5. The maximum Gasteiger partial charge on any atom is 0.264 e. The van der Waals surface area contributed by atoms with E-state index in [4.69, 9.17) is 4.74 Å². The molecule has 2 fully saturated rings. The van der Waals surface area contributed by atoms with E-state index in [-0.39, 0.29) is 23.9 Å². The van der Waals surface area contributed by atoms with Crippen molar-refractivity contribution < 1.29 is 14.6 Å². The molecule has 0 bridgehead atoms. The Balaban J connectivity index is 1.28. The van der Waals surface area contributed by atoms with Crippen molar-refractivity contribution in [3.05, 3.63) is 52.7 Å². The molecule has 2 N–H and O–H groups in total. The fraction of sp³-hybridized carbons (Fsp3) is 0.538. The molecule has 3 heterocycles. The van der Waals surface area contributed by atoms with Crippen LogP contribution >= 0.6 is 0 Å². The molecule has 1 aromatic carbocycles. The molecule has 0 atom stereocenters. The summed E-state index contributed by atoms with van der Waals surface area (Å²) in [6.45, 7) is 3.50. The molecule has 1 saturated heterocycles. The van der Waals surface area contributed by atoms with Gasteiger partial charge in [0.25, 0.3) is 5.56 Å². The lowest BCUT2D eigenvalue weighted by molar-refractivity contribution is -0.137. The number of carbonyl (C=O) groups excluding carboxylic acids is 1. The van der Waals surface area contributed by atoms with Gasteiger partial charge in [-0.25, -0.2) is 9.67 Å². The number of rotatable bonds is 10. The van der Waals surface area contributed by atoms with Gasteiger partial charge in [0, 0.05) is 39.3 Å². The maximum absolute atomic E-state index is 13.2. The number of likely N-dealkylation sites (tertiary alicyclic amines) is 1. The van der Waals surface area contributed by atoms with Crippen LogP contribution in [0.25, 0.3) is 16.7 Å². The highest BCUT2D eigenvalue weighted by Crippen LogP contribution is 2.33. The van der Waals surface area contributed by atoms with Gasteiger partial charge in [-0.2, -0.15) is 5.10 Å². The second-order valence-electron chi connectivity index (χ2n) is 9.99. The van der Waals surface area contributed by atoms with E-state index in [0.29, 0.717) is 37.0 Å². The number of aliphatic hydroxyl groups is 1. The van der Waals surface area contributed by atoms with Crippen molar-refractivity contribution in [2.75, 3.05) is 33.4 Å². The van der Waals surface area contributed by atoms with Crippen molar-refractivity contribution in [2.24, 2.45) is 5.92 Å². The standard InChI is InChI=1S/C26H34N6O4/c1-36-13-3-10-27-15-19-4-2-5-21(14-19)32-23-22(16-29-32)25(34)31(18-28-23)17-26(35)8-11-30(12-9-26)24(33)20-6-7-20/h2,4-5,14,16,18,20,27,35H,3,6-13,15,17H2,1H3. The van der Waals surface area contributed by atoms with Crippen LogP contribution in [0.5, 0.6) is 0 Å². The zero-order valence-corrected chi connectivity index (χ0v) is 20.7. The Morgan fingerprint density at radius 2 is 2.08 bits per heavy atom. The van der Waals surface area contributed by atoms with Crippen molar-refractivity contribution in [1.29, 1.82) is 0 Å². The number of benzene rings is 1. The molecule has 10 heteroatoms. The van der Waals surface area contributed by atoms with Gasteiger partial charge in [-0.15, -0.1) is 0 Å². The molecule has 2 aromatic heterocycles. The predicted molar refractivity (Wildman–Crippen MR) is 135 cm³/mol. The minimum absolute atomic E-state index is 0.148. The molecule has 1 aliphatic carbocycles. The van der Waals surface area contributed by atoms with Gasteiger partial charge in [-0.1, -0.05) is 12.1 Å². The summed E-state index contributed by atoms with van der Waals surface area (Å²) in [5.74, 6) is 0.385. The first kappa shape index (κ1) is 24.6. The van der Waals surface area contributed by atoms with E-state index in [0.717, 1.165) is 50.2 Å². The van der Waals surface area contributed by atoms with E-state index in [1.54, 1.807) is 11.8 Å². The Morgan fingerprint density at radius 3 is 2.83 bits per heavy atom. The lowest BCUT2D eigenvalue weighted by atomic mass is 9.91. The molecular weight excluding hydrogens is 460 g/mol. The highest BCUT2D eigenvalue weighted by Gasteiger charge is 2.39. The summed E-state index contributed by atoms with van der Waals surface area (Å²) in [7, 11) is 1.70. The fourth-order valence-electron chi connectivity index (χ4n) is 4.83. The molecule has 5 rings (SSSR count). The van der Waals surface area contributed by atoms with Gasteiger partial charge < -0.3 is 20.1 Å². The molecule has 1 saturated carbocycles. The molecule has 0 unspecified atom stereocenters. The highest BCUT2D eigenvalue weighted by molar-refractivity contribution is 5.81. The van der Waals surface area contributed by atoms with Gasteiger partial charge in [0.05, 0.1) is 24.0 Å². The SMILES string of the molecule is COCCCNCc1cccc(-n2ncc3c(=O)n(CC4(O)CCN(C(=O)C5CC5)CC4)cnc32)c1. The Kier molecular flexibility index (Phi) is 7.17. The third-order valence-electron chi connectivity index (χ3n) is 7.14. The van der Waals surface area contributed by atoms with Crippen LogP contribution < -0.4 is 10.9 Å². The third kappa shape index (κ3) is 5.35. The van der Waals surface area contributed by atoms with Gasteiger partial charge in [-0.3, -0.25) is 14.2 Å². The summed E-state index contributed by atoms with van der Waals surface area (Å²) < 4.78 is 8.22. The molecule has 36 heavy (non-hydrogen) atoms. The number of fused-ring (bicyclic) bond motifs is 1. The monoisotopic (exact) mass is 494 g/mol. The second kappa shape index (κ2) is 10.5. The smallest absolute Gasteiger partial charge is 0.264 e. The van der Waals surface area contributed by atoms with Crippen LogP contribution in [0.3, 0.4) is 0 Å². The number of nitrogens with one attached hydrogen (secondary N) is 1. The number of methoxy groups -OCH3 is 1. The Labute approximate surface area is 209 Å². The second-order valence-corrected chi connectivity index (χ2v) is 9.99. The van der Waals surface area contributed by atoms with Crippen molar-refractivity contribution in [1.82, 2.24) is 29.5 Å². The molecule has 1 aliphatic heterocycles. The molecule has 0 spiro atoms. The first-order valence-electron chi connectivity index (χ1n) is 12.7. The van der Waals surface area contributed by atoms with Gasteiger partial charge in [0.1, 0.15) is 11.7 Å². The van der Waals surface area contributed by atoms with Gasteiger partial charge in [0.15, 0.2) is 5.65 Å². The molecule has 2 aliphatic rings. The van der Waals surface area contributed by atoms with Crippen LogP contribution in [0, 0.1) is 5.92 Å². The molecule has 1 amide bonds. The van der Waals surface area contributed by atoms with Gasteiger partial charge in [0.2, 0.25) is 5.91 Å². The van der Waals surface area contributed by atoms with E-state index in [1.165, 1.54) is 17.1 Å². The summed E-state index contributed by atoms with van der Waals surface area (Å²) in [6.07, 6.45) is 6.82. The van der Waals surface area contributed by atoms with E-state index in [2.05, 4.69) is 15.4 Å². The number of hydrogen-bond donors (Lipinski definition) is 2. The zero-order valence-electron chi connectivity index (χ0n) is 20.7. The Bertz CT molecular complexity index is 1270. The van der Waals surface area contributed by atoms with Crippen LogP contribution in [0.4, 0.5) is 0 Å². The van der Waals surface area contributed by atoms with Crippen molar-refractivity contribution >= 4 is 16.9 Å². The number of aromatic nitrogens is 4. The Morgan fingerprint density at radius 1 is 1.28 bits per heavy atom. The summed E-state index contributed by atoms with van der Waals surface area (Å²) in [6, 6.07) is 7.98. The van der Waals surface area contributed by atoms with Crippen LogP contribution in [0.1, 0.15) is 37.7 Å². The molecular formula is C26H34N6O4. The van der Waals surface area contributed by atoms with Gasteiger partial charge >= 0.3 is 0 Å². The van der Waals surface area contributed by atoms with Crippen LogP contribution in [-0.2, 0) is 22.6 Å². The molecule has 3 aromatic rings. The van der Waals surface area contributed by atoms with Crippen LogP contribution in [0.15, 0.2) is 41.6 Å². The fourth-order valence-corrected chi connectivity index (χ4v) is 4.83. The van der Waals surface area contributed by atoms with Crippen LogP contribution in [-0.4, -0.2) is 74.2 Å². The summed E-state index contributed by atoms with van der Waals surface area (Å²) >= 11 is 0. The van der Waals surface area contributed by atoms with Crippen molar-refractivity contribution in [3.8, 4) is 5.69 Å². The van der Waals surface area contributed by atoms with Crippen LogP contribution in [0.2, 0.25) is 0 Å². The minimum Gasteiger partial charge on any atom is -0.388 e. The van der Waals surface area contributed by atoms with Crippen molar-refractivity contribution in [3.63, 3.8) is 0 Å². The first-order chi connectivity index (χ1) is 17.5. The average molecular weight is 495 g/mol. The van der Waals surface area contributed by atoms with Crippen molar-refractivity contribution in [2.45, 2.75) is 50.8 Å². The maximum atomic E-state index is 13.2. The first-order valence-corrected chi connectivity index (χ1v) is 12.7. The summed E-state index contributed by atoms with van der Waals surface area (Å²) in [5, 5.41) is 19.4. The predicted octanol–water partition coefficient (Wildman–Crippen LogP) is 1.47. The molecule has 0 radical (unpaired) electrons. The number of ether oxygens (including phenoxy) is 1. The summed E-state index contributed by atoms with van der Waals surface area (Å²) in [4.78, 5) is 31.9. The van der Waals surface area contributed by atoms with E-state index >= 15 is 0 Å². The third-order valence-corrected chi connectivity index (χ3v) is 7.14. The minimum atomic E-state index is -1.04. The molecule has 192 valence electrons. The number of carbonyl (C=O) groups is 1. The molecule has 10 nitrogen and oxygen atoms in total. The number of piperidine rings is 1. The average Bonchev–Trinajstić information content (AvgIpc) is 3.64. The van der Waals surface area contributed by atoms with E-state index in [1.807, 2.05) is 29.2 Å². The zero-order chi connectivity index (χ0) is 25.1. The quantitative estimate of drug-likeness (QED) is 0.410. The van der Waals surface area contributed by atoms with E-state index in [9.17, 15) is 14.7 Å². The lowest BCUT2D eigenvalue weighted by Crippen LogP contribution is -2.50. The largest absolute Gasteiger partial charge is 0.388 e. The number of amides is 1. The lowest BCUT2D eigenvalue weighted by Gasteiger charge is -2.38. The number of hydrogen-bond acceptors (Lipinski definition) is 7. The van der Waals surface area contributed by atoms with E-state index < -0.39 is 5.60 Å². The van der Waals surface area contributed by atoms with Gasteiger partial charge in [-0.05, 0) is 56.3 Å². The highest BCUT2D eigenvalue weighted by atomic mass is 16.5. The normalized spacial score (nSPS) is 17.6. The Hall–Kier alpha value is -3.08.